The number of benzene rings is 1. The number of fused-ring (bicyclic) bond motifs is 1. The number of halogens is 2. The molecule has 1 fully saturated rings. The number of rotatable bonds is 3. The van der Waals surface area contributed by atoms with Crippen LogP contribution < -0.4 is 5.73 Å². The molecule has 1 amide bonds. The van der Waals surface area contributed by atoms with Gasteiger partial charge in [-0.1, -0.05) is 24.6 Å². The molecule has 1 saturated heterocycles. The van der Waals surface area contributed by atoms with Crippen LogP contribution in [-0.4, -0.2) is 40.2 Å². The molecule has 0 bridgehead atoms. The summed E-state index contributed by atoms with van der Waals surface area (Å²) in [5.41, 5.74) is 7.70. The van der Waals surface area contributed by atoms with Crippen molar-refractivity contribution < 1.29 is 4.79 Å². The van der Waals surface area contributed by atoms with E-state index < -0.39 is 0 Å². The third-order valence-electron chi connectivity index (χ3n) is 5.15. The minimum Gasteiger partial charge on any atom is -0.337 e. The summed E-state index contributed by atoms with van der Waals surface area (Å²) in [6.07, 6.45) is 0.954. The molecule has 27 heavy (non-hydrogen) atoms. The fraction of sp³-hybridized carbons (Fsp3) is 0.368. The van der Waals surface area contributed by atoms with Crippen LogP contribution in [0.4, 0.5) is 0 Å². The molecule has 3 aromatic rings. The summed E-state index contributed by atoms with van der Waals surface area (Å²) < 4.78 is 1.87. The van der Waals surface area contributed by atoms with E-state index in [1.54, 1.807) is 0 Å². The van der Waals surface area contributed by atoms with Crippen LogP contribution in [0.3, 0.4) is 0 Å². The predicted molar refractivity (Wildman–Crippen MR) is 114 cm³/mol. The molecule has 3 heterocycles. The highest BCUT2D eigenvalue weighted by atomic mass is 35.5. The molecule has 8 heteroatoms. The second-order valence-electron chi connectivity index (χ2n) is 7.30. The number of thiophene rings is 1. The first-order valence-corrected chi connectivity index (χ1v) is 9.84. The number of carbonyl (C=O) groups is 1. The predicted octanol–water partition coefficient (Wildman–Crippen LogP) is 4.28. The van der Waals surface area contributed by atoms with E-state index in [9.17, 15) is 4.79 Å². The molecule has 1 aromatic carbocycles. The van der Waals surface area contributed by atoms with Crippen molar-refractivity contribution in [3.8, 4) is 5.69 Å². The van der Waals surface area contributed by atoms with E-state index in [1.807, 2.05) is 46.8 Å². The van der Waals surface area contributed by atoms with Crippen molar-refractivity contribution in [1.82, 2.24) is 14.7 Å². The summed E-state index contributed by atoms with van der Waals surface area (Å²) in [7, 11) is 0. The van der Waals surface area contributed by atoms with Crippen molar-refractivity contribution in [3.63, 3.8) is 0 Å². The maximum atomic E-state index is 13.0. The largest absolute Gasteiger partial charge is 0.337 e. The van der Waals surface area contributed by atoms with Crippen molar-refractivity contribution in [2.45, 2.75) is 20.3 Å². The Morgan fingerprint density at radius 2 is 2.19 bits per heavy atom. The zero-order valence-corrected chi connectivity index (χ0v) is 17.6. The Morgan fingerprint density at radius 1 is 1.41 bits per heavy atom. The highest BCUT2D eigenvalue weighted by Crippen LogP contribution is 2.34. The standard InChI is InChI=1S/C19H21ClN4OS.ClH/c1-12-15-9-16(17(25)23-7-6-19(2,10-21)11-23)26-18(15)24(22-12)14-5-3-4-13(20)8-14;/h3-5,8-9H,6-7,10-11,21H2,1-2H3;1H. The molecular formula is C19H22Cl2N4OS. The number of aryl methyl sites for hydroxylation is 1. The Hall–Kier alpha value is -1.60. The van der Waals surface area contributed by atoms with E-state index in [0.29, 0.717) is 11.6 Å². The smallest absolute Gasteiger partial charge is 0.264 e. The van der Waals surface area contributed by atoms with Crippen molar-refractivity contribution in [2.75, 3.05) is 19.6 Å². The molecule has 1 aliphatic heterocycles. The maximum Gasteiger partial charge on any atom is 0.264 e. The van der Waals surface area contributed by atoms with Gasteiger partial charge in [0.15, 0.2) is 0 Å². The highest BCUT2D eigenvalue weighted by molar-refractivity contribution is 7.20. The molecule has 144 valence electrons. The molecule has 1 aliphatic rings. The molecular weight excluding hydrogens is 403 g/mol. The van der Waals surface area contributed by atoms with Gasteiger partial charge in [-0.15, -0.1) is 23.7 Å². The van der Waals surface area contributed by atoms with Crippen molar-refractivity contribution in [3.05, 3.63) is 45.9 Å². The van der Waals surface area contributed by atoms with Crippen LogP contribution in [0.1, 0.15) is 28.7 Å². The lowest BCUT2D eigenvalue weighted by molar-refractivity contribution is 0.0782. The molecule has 1 atom stereocenters. The number of carbonyl (C=O) groups excluding carboxylic acids is 1. The minimum atomic E-state index is 0. The van der Waals surface area contributed by atoms with Gasteiger partial charge in [-0.25, -0.2) is 4.68 Å². The SMILES string of the molecule is Cc1nn(-c2cccc(Cl)c2)c2sc(C(=O)N3CCC(C)(CN)C3)cc12.Cl. The lowest BCUT2D eigenvalue weighted by Crippen LogP contribution is -2.34. The number of hydrogen-bond donors (Lipinski definition) is 1. The quantitative estimate of drug-likeness (QED) is 0.681. The Labute approximate surface area is 173 Å². The van der Waals surface area contributed by atoms with Crippen LogP contribution >= 0.6 is 35.3 Å². The van der Waals surface area contributed by atoms with Crippen molar-refractivity contribution in [2.24, 2.45) is 11.1 Å². The normalized spacial score (nSPS) is 19.5. The summed E-state index contributed by atoms with van der Waals surface area (Å²) >= 11 is 7.61. The summed E-state index contributed by atoms with van der Waals surface area (Å²) in [4.78, 5) is 16.6. The molecule has 0 saturated carbocycles. The fourth-order valence-electron chi connectivity index (χ4n) is 3.46. The van der Waals surface area contributed by atoms with Crippen LogP contribution in [0.25, 0.3) is 15.9 Å². The van der Waals surface area contributed by atoms with Gasteiger partial charge in [0.05, 0.1) is 16.3 Å². The van der Waals surface area contributed by atoms with Crippen molar-refractivity contribution >= 4 is 51.5 Å². The van der Waals surface area contributed by atoms with E-state index in [1.165, 1.54) is 11.3 Å². The van der Waals surface area contributed by atoms with Gasteiger partial charge < -0.3 is 10.6 Å². The van der Waals surface area contributed by atoms with E-state index in [-0.39, 0.29) is 23.7 Å². The van der Waals surface area contributed by atoms with Gasteiger partial charge in [0, 0.05) is 23.5 Å². The number of nitrogens with zero attached hydrogens (tertiary/aromatic N) is 3. The zero-order valence-electron chi connectivity index (χ0n) is 15.2. The average Bonchev–Trinajstić information content (AvgIpc) is 3.30. The monoisotopic (exact) mass is 424 g/mol. The van der Waals surface area contributed by atoms with E-state index in [4.69, 9.17) is 17.3 Å². The average molecular weight is 425 g/mol. The van der Waals surface area contributed by atoms with E-state index in [0.717, 1.165) is 46.0 Å². The zero-order chi connectivity index (χ0) is 18.5. The van der Waals surface area contributed by atoms with E-state index >= 15 is 0 Å². The van der Waals surface area contributed by atoms with Crippen LogP contribution in [0.5, 0.6) is 0 Å². The Kier molecular flexibility index (Phi) is 5.54. The number of nitrogens with two attached hydrogens (primary N) is 1. The van der Waals surface area contributed by atoms with Crippen LogP contribution in [0.2, 0.25) is 5.02 Å². The molecule has 1 unspecified atom stereocenters. The van der Waals surface area contributed by atoms with Gasteiger partial charge in [-0.3, -0.25) is 4.79 Å². The summed E-state index contributed by atoms with van der Waals surface area (Å²) in [6, 6.07) is 9.54. The molecule has 0 spiro atoms. The van der Waals surface area contributed by atoms with Gasteiger partial charge in [0.1, 0.15) is 4.83 Å². The molecule has 5 nitrogen and oxygen atoms in total. The van der Waals surface area contributed by atoms with Gasteiger partial charge in [-0.05, 0) is 49.6 Å². The summed E-state index contributed by atoms with van der Waals surface area (Å²) in [5, 5.41) is 6.30. The Balaban J connectivity index is 0.00000210. The summed E-state index contributed by atoms with van der Waals surface area (Å²) in [5.74, 6) is 0.0837. The summed E-state index contributed by atoms with van der Waals surface area (Å²) in [6.45, 7) is 6.19. The Morgan fingerprint density at radius 3 is 2.85 bits per heavy atom. The maximum absolute atomic E-state index is 13.0. The number of amides is 1. The lowest BCUT2D eigenvalue weighted by atomic mass is 9.90. The molecule has 4 rings (SSSR count). The molecule has 2 aromatic heterocycles. The van der Waals surface area contributed by atoms with Gasteiger partial charge >= 0.3 is 0 Å². The van der Waals surface area contributed by atoms with Crippen molar-refractivity contribution in [1.29, 1.82) is 0 Å². The number of likely N-dealkylation sites (tertiary alicyclic amines) is 1. The highest BCUT2D eigenvalue weighted by Gasteiger charge is 2.35. The Bertz CT molecular complexity index is 999. The first-order chi connectivity index (χ1) is 12.4. The minimum absolute atomic E-state index is 0. The molecule has 0 radical (unpaired) electrons. The molecule has 2 N–H and O–H groups in total. The van der Waals surface area contributed by atoms with Gasteiger partial charge in [-0.2, -0.15) is 5.10 Å². The molecule has 0 aliphatic carbocycles. The van der Waals surface area contributed by atoms with Gasteiger partial charge in [0.25, 0.3) is 5.91 Å². The van der Waals surface area contributed by atoms with Crippen LogP contribution in [0, 0.1) is 12.3 Å². The third-order valence-corrected chi connectivity index (χ3v) is 6.48. The lowest BCUT2D eigenvalue weighted by Gasteiger charge is -2.22. The third kappa shape index (κ3) is 3.59. The fourth-order valence-corrected chi connectivity index (χ4v) is 4.79. The first-order valence-electron chi connectivity index (χ1n) is 8.65. The van der Waals surface area contributed by atoms with E-state index in [2.05, 4.69) is 12.0 Å². The first kappa shape index (κ1) is 20.1. The second kappa shape index (κ2) is 7.43. The topological polar surface area (TPSA) is 64.2 Å². The van der Waals surface area contributed by atoms with Crippen LogP contribution in [0.15, 0.2) is 30.3 Å². The number of hydrogen-bond acceptors (Lipinski definition) is 4. The van der Waals surface area contributed by atoms with Gasteiger partial charge in [0.2, 0.25) is 0 Å². The second-order valence-corrected chi connectivity index (χ2v) is 8.77. The number of aromatic nitrogens is 2. The van der Waals surface area contributed by atoms with Crippen LogP contribution in [-0.2, 0) is 0 Å².